The molecule has 142 valence electrons. The van der Waals surface area contributed by atoms with Crippen molar-refractivity contribution in [3.63, 3.8) is 0 Å². The number of hydrogen-bond donors (Lipinski definition) is 1. The average molecular weight is 371 g/mol. The van der Waals surface area contributed by atoms with Gasteiger partial charge in [0.05, 0.1) is 12.3 Å². The van der Waals surface area contributed by atoms with Gasteiger partial charge in [-0.3, -0.25) is 4.79 Å². The molecule has 1 amide bonds. The summed E-state index contributed by atoms with van der Waals surface area (Å²) in [4.78, 5) is 13.2. The highest BCUT2D eigenvalue weighted by Gasteiger charge is 2.14. The normalized spacial score (nSPS) is 11.1. The van der Waals surface area contributed by atoms with Crippen molar-refractivity contribution in [1.82, 2.24) is 0 Å². The molecule has 3 aromatic carbocycles. The fourth-order valence-corrected chi connectivity index (χ4v) is 2.83. The van der Waals surface area contributed by atoms with Crippen LogP contribution in [-0.4, -0.2) is 12.5 Å². The lowest BCUT2D eigenvalue weighted by Gasteiger charge is -2.14. The van der Waals surface area contributed by atoms with Crippen molar-refractivity contribution in [1.29, 1.82) is 0 Å². The summed E-state index contributed by atoms with van der Waals surface area (Å²) in [5.41, 5.74) is 3.13. The molecule has 3 heteroatoms. The Morgan fingerprint density at radius 3 is 2.25 bits per heavy atom. The Labute approximate surface area is 166 Å². The maximum Gasteiger partial charge on any atom is 0.256 e. The van der Waals surface area contributed by atoms with Crippen LogP contribution < -0.4 is 10.1 Å². The highest BCUT2D eigenvalue weighted by atomic mass is 16.5. The summed E-state index contributed by atoms with van der Waals surface area (Å²) in [6, 6.07) is 27.1. The first-order valence-corrected chi connectivity index (χ1v) is 9.63. The second kappa shape index (κ2) is 10.1. The molecule has 3 aromatic rings. The monoisotopic (exact) mass is 371 g/mol. The van der Waals surface area contributed by atoms with Crippen LogP contribution in [0.3, 0.4) is 0 Å². The van der Waals surface area contributed by atoms with Gasteiger partial charge in [-0.05, 0) is 35.8 Å². The molecule has 3 rings (SSSR count). The highest BCUT2D eigenvalue weighted by molar-refractivity contribution is 6.29. The number of amides is 1. The minimum Gasteiger partial charge on any atom is -0.491 e. The summed E-state index contributed by atoms with van der Waals surface area (Å²) in [5.74, 6) is 0.526. The minimum atomic E-state index is -0.165. The first-order chi connectivity index (χ1) is 13.8. The lowest BCUT2D eigenvalue weighted by molar-refractivity contribution is -0.111. The zero-order valence-electron chi connectivity index (χ0n) is 16.1. The van der Waals surface area contributed by atoms with Crippen molar-refractivity contribution in [2.24, 2.45) is 0 Å². The van der Waals surface area contributed by atoms with Crippen LogP contribution in [0.2, 0.25) is 0 Å². The maximum atomic E-state index is 13.2. The molecule has 0 bridgehead atoms. The van der Waals surface area contributed by atoms with E-state index in [0.717, 1.165) is 24.0 Å². The van der Waals surface area contributed by atoms with E-state index in [9.17, 15) is 4.79 Å². The zero-order chi connectivity index (χ0) is 19.6. The molecule has 0 saturated carbocycles. The third-order valence-corrected chi connectivity index (χ3v) is 4.33. The van der Waals surface area contributed by atoms with Crippen molar-refractivity contribution in [2.75, 3.05) is 11.9 Å². The number of para-hydroxylation sites is 2. The van der Waals surface area contributed by atoms with Crippen LogP contribution in [0.5, 0.6) is 5.75 Å². The Bertz CT molecular complexity index is 918. The molecule has 0 radical (unpaired) electrons. The number of benzene rings is 3. The number of rotatable bonds is 8. The SMILES string of the molecule is CCCCOc1ccccc1NC(=O)/C(=C/c1ccccc1)c1ccccc1. The van der Waals surface area contributed by atoms with Gasteiger partial charge in [-0.2, -0.15) is 0 Å². The number of ether oxygens (including phenoxy) is 1. The summed E-state index contributed by atoms with van der Waals surface area (Å²) < 4.78 is 5.85. The van der Waals surface area contributed by atoms with E-state index in [-0.39, 0.29) is 5.91 Å². The topological polar surface area (TPSA) is 38.3 Å². The molecule has 0 saturated heterocycles. The third kappa shape index (κ3) is 5.34. The predicted molar refractivity (Wildman–Crippen MR) is 116 cm³/mol. The number of anilines is 1. The van der Waals surface area contributed by atoms with E-state index in [4.69, 9.17) is 4.74 Å². The van der Waals surface area contributed by atoms with Crippen LogP contribution in [-0.2, 0) is 4.79 Å². The van der Waals surface area contributed by atoms with Crippen LogP contribution in [0, 0.1) is 0 Å². The first-order valence-electron chi connectivity index (χ1n) is 9.63. The Hall–Kier alpha value is -3.33. The maximum absolute atomic E-state index is 13.2. The van der Waals surface area contributed by atoms with E-state index in [0.29, 0.717) is 23.6 Å². The Kier molecular flexibility index (Phi) is 7.02. The van der Waals surface area contributed by atoms with Crippen molar-refractivity contribution in [2.45, 2.75) is 19.8 Å². The fraction of sp³-hybridized carbons (Fsp3) is 0.160. The summed E-state index contributed by atoms with van der Waals surface area (Å²) in [6.45, 7) is 2.76. The van der Waals surface area contributed by atoms with Gasteiger partial charge in [-0.1, -0.05) is 86.1 Å². The lowest BCUT2D eigenvalue weighted by atomic mass is 10.0. The molecule has 3 nitrogen and oxygen atoms in total. The molecule has 0 aliphatic rings. The van der Waals surface area contributed by atoms with Gasteiger partial charge in [0.1, 0.15) is 5.75 Å². The Morgan fingerprint density at radius 1 is 0.893 bits per heavy atom. The second-order valence-corrected chi connectivity index (χ2v) is 6.49. The average Bonchev–Trinajstić information content (AvgIpc) is 2.75. The largest absolute Gasteiger partial charge is 0.491 e. The minimum absolute atomic E-state index is 0.165. The van der Waals surface area contributed by atoms with Crippen molar-refractivity contribution >= 4 is 23.2 Å². The number of unbranched alkanes of at least 4 members (excludes halogenated alkanes) is 1. The molecule has 0 heterocycles. The standard InChI is InChI=1S/C25H25NO2/c1-2-3-18-28-24-17-11-10-16-23(24)26-25(27)22(21-14-8-5-9-15-21)19-20-12-6-4-7-13-20/h4-17,19H,2-3,18H2,1H3,(H,26,27)/b22-19+. The van der Waals surface area contributed by atoms with Crippen molar-refractivity contribution in [3.8, 4) is 5.75 Å². The van der Waals surface area contributed by atoms with E-state index < -0.39 is 0 Å². The van der Waals surface area contributed by atoms with Crippen LogP contribution in [0.1, 0.15) is 30.9 Å². The summed E-state index contributed by atoms with van der Waals surface area (Å²) in [5, 5.41) is 3.02. The van der Waals surface area contributed by atoms with Crippen molar-refractivity contribution in [3.05, 3.63) is 96.1 Å². The Balaban J connectivity index is 1.88. The third-order valence-electron chi connectivity index (χ3n) is 4.33. The van der Waals surface area contributed by atoms with Crippen LogP contribution in [0.25, 0.3) is 11.6 Å². The molecule has 0 fully saturated rings. The summed E-state index contributed by atoms with van der Waals surface area (Å²) in [6.07, 6.45) is 3.95. The van der Waals surface area contributed by atoms with Gasteiger partial charge in [0.15, 0.2) is 0 Å². The molecule has 0 unspecified atom stereocenters. The molecule has 0 aliphatic heterocycles. The molecule has 0 spiro atoms. The summed E-state index contributed by atoms with van der Waals surface area (Å²) in [7, 11) is 0. The van der Waals surface area contributed by atoms with Gasteiger partial charge >= 0.3 is 0 Å². The molecular formula is C25H25NO2. The lowest BCUT2D eigenvalue weighted by Crippen LogP contribution is -2.14. The quantitative estimate of drug-likeness (QED) is 0.298. The van der Waals surface area contributed by atoms with Crippen LogP contribution >= 0.6 is 0 Å². The number of hydrogen-bond acceptors (Lipinski definition) is 2. The van der Waals surface area contributed by atoms with Gasteiger partial charge in [0.2, 0.25) is 0 Å². The van der Waals surface area contributed by atoms with Gasteiger partial charge in [0.25, 0.3) is 5.91 Å². The molecular weight excluding hydrogens is 346 g/mol. The van der Waals surface area contributed by atoms with Gasteiger partial charge in [-0.15, -0.1) is 0 Å². The second-order valence-electron chi connectivity index (χ2n) is 6.49. The van der Waals surface area contributed by atoms with Gasteiger partial charge in [0, 0.05) is 5.57 Å². The Morgan fingerprint density at radius 2 is 1.54 bits per heavy atom. The fourth-order valence-electron chi connectivity index (χ4n) is 2.83. The van der Waals surface area contributed by atoms with Crippen LogP contribution in [0.4, 0.5) is 5.69 Å². The van der Waals surface area contributed by atoms with Gasteiger partial charge < -0.3 is 10.1 Å². The van der Waals surface area contributed by atoms with E-state index >= 15 is 0 Å². The highest BCUT2D eigenvalue weighted by Crippen LogP contribution is 2.27. The zero-order valence-corrected chi connectivity index (χ0v) is 16.1. The smallest absolute Gasteiger partial charge is 0.256 e. The molecule has 1 N–H and O–H groups in total. The molecule has 0 atom stereocenters. The van der Waals surface area contributed by atoms with Gasteiger partial charge in [-0.25, -0.2) is 0 Å². The number of carbonyl (C=O) groups excluding carboxylic acids is 1. The molecule has 0 aromatic heterocycles. The van der Waals surface area contributed by atoms with Crippen LogP contribution in [0.15, 0.2) is 84.9 Å². The van der Waals surface area contributed by atoms with E-state index in [1.807, 2.05) is 91.0 Å². The van der Waals surface area contributed by atoms with E-state index in [2.05, 4.69) is 12.2 Å². The predicted octanol–water partition coefficient (Wildman–Crippen LogP) is 6.04. The molecule has 0 aliphatic carbocycles. The molecule has 28 heavy (non-hydrogen) atoms. The summed E-state index contributed by atoms with van der Waals surface area (Å²) >= 11 is 0. The van der Waals surface area contributed by atoms with E-state index in [1.165, 1.54) is 0 Å². The van der Waals surface area contributed by atoms with Crippen molar-refractivity contribution < 1.29 is 9.53 Å². The number of nitrogens with one attached hydrogen (secondary N) is 1. The van der Waals surface area contributed by atoms with E-state index in [1.54, 1.807) is 0 Å². The first kappa shape index (κ1) is 19.4. The number of carbonyl (C=O) groups is 1.